The number of aryl methyl sites for hydroxylation is 1. The van der Waals surface area contributed by atoms with E-state index in [9.17, 15) is 5.11 Å². The number of aromatic hydroxyl groups is 1. The molecule has 6 aromatic rings. The maximum Gasteiger partial charge on any atom is 0.144 e. The Morgan fingerprint density at radius 1 is 0.711 bits per heavy atom. The lowest BCUT2D eigenvalue weighted by molar-refractivity contribution is 0.454. The van der Waals surface area contributed by atoms with E-state index in [2.05, 4.69) is 78.0 Å². The Morgan fingerprint density at radius 3 is 2.21 bits per heavy atom. The first-order chi connectivity index (χ1) is 18.4. The summed E-state index contributed by atoms with van der Waals surface area (Å²) in [5.41, 5.74) is 8.39. The summed E-state index contributed by atoms with van der Waals surface area (Å²) in [6, 6.07) is 36.8. The molecule has 4 aromatic carbocycles. The predicted molar refractivity (Wildman–Crippen MR) is 155 cm³/mol. The zero-order valence-electron chi connectivity index (χ0n) is 21.8. The number of nitrogens with zero attached hydrogens (tertiary/aromatic N) is 3. The number of hydrogen-bond donors (Lipinski definition) is 1. The summed E-state index contributed by atoms with van der Waals surface area (Å²) in [5.74, 6) is 0.995. The zero-order chi connectivity index (χ0) is 26.3. The molecule has 0 radical (unpaired) electrons. The second kappa shape index (κ2) is 9.31. The van der Waals surface area contributed by atoms with E-state index in [0.29, 0.717) is 0 Å². The Kier molecular flexibility index (Phi) is 5.80. The van der Waals surface area contributed by atoms with Crippen LogP contribution in [0.4, 0.5) is 0 Å². The van der Waals surface area contributed by atoms with Gasteiger partial charge in [0.25, 0.3) is 0 Å². The first-order valence-corrected chi connectivity index (χ1v) is 12.8. The molecule has 38 heavy (non-hydrogen) atoms. The van der Waals surface area contributed by atoms with E-state index in [1.165, 1.54) is 0 Å². The van der Waals surface area contributed by atoms with Gasteiger partial charge in [0.05, 0.1) is 22.3 Å². The van der Waals surface area contributed by atoms with Gasteiger partial charge in [-0.05, 0) is 41.5 Å². The second-order valence-electron chi connectivity index (χ2n) is 10.2. The van der Waals surface area contributed by atoms with Crippen LogP contribution >= 0.6 is 0 Å². The van der Waals surface area contributed by atoms with Crippen LogP contribution in [-0.2, 0) is 12.5 Å². The molecule has 0 amide bonds. The fraction of sp³-hybridized carbons (Fsp3) is 0.118. The highest BCUT2D eigenvalue weighted by Gasteiger charge is 2.28. The van der Waals surface area contributed by atoms with Crippen LogP contribution in [0.25, 0.3) is 44.8 Å². The van der Waals surface area contributed by atoms with Gasteiger partial charge in [-0.3, -0.25) is 4.98 Å². The summed E-state index contributed by atoms with van der Waals surface area (Å²) in [4.78, 5) is 9.62. The van der Waals surface area contributed by atoms with Crippen LogP contribution in [0.15, 0.2) is 115 Å². The van der Waals surface area contributed by atoms with Crippen molar-refractivity contribution in [3.05, 3.63) is 127 Å². The van der Waals surface area contributed by atoms with Crippen LogP contribution in [0.3, 0.4) is 0 Å². The summed E-state index contributed by atoms with van der Waals surface area (Å²) in [5, 5.41) is 11.6. The normalized spacial score (nSPS) is 11.7. The minimum atomic E-state index is -0.372. The predicted octanol–water partition coefficient (Wildman–Crippen LogP) is 8.00. The maximum atomic E-state index is 11.6. The molecule has 186 valence electrons. The third-order valence-corrected chi connectivity index (χ3v) is 7.49. The molecular weight excluding hydrogens is 466 g/mol. The van der Waals surface area contributed by atoms with Crippen molar-refractivity contribution in [3.8, 4) is 39.5 Å². The molecular formula is C34H29N3O. The van der Waals surface area contributed by atoms with Crippen LogP contribution in [-0.4, -0.2) is 19.6 Å². The standard InChI is InChI=1S/C34H29N3O/c1-34(2,25-14-5-4-6-15-25)28-18-10-17-27(32(28)38)33-36-31-26(16-11-20-30(31)37(33)3)23-12-9-13-24(22-23)29-19-7-8-21-35-29/h4-22,38H,1-3H3. The van der Waals surface area contributed by atoms with Crippen molar-refractivity contribution >= 4 is 11.0 Å². The van der Waals surface area contributed by atoms with Crippen LogP contribution in [0.2, 0.25) is 0 Å². The van der Waals surface area contributed by atoms with Crippen LogP contribution in [0, 0.1) is 0 Å². The Balaban J connectivity index is 1.48. The molecule has 0 aliphatic rings. The van der Waals surface area contributed by atoms with Crippen molar-refractivity contribution in [1.29, 1.82) is 0 Å². The van der Waals surface area contributed by atoms with E-state index in [4.69, 9.17) is 4.98 Å². The van der Waals surface area contributed by atoms with E-state index in [1.54, 1.807) is 0 Å². The van der Waals surface area contributed by atoms with Crippen LogP contribution in [0.1, 0.15) is 25.0 Å². The van der Waals surface area contributed by atoms with Gasteiger partial charge < -0.3 is 9.67 Å². The molecule has 2 aromatic heterocycles. The molecule has 0 saturated carbocycles. The molecule has 4 nitrogen and oxygen atoms in total. The fourth-order valence-electron chi connectivity index (χ4n) is 5.31. The lowest BCUT2D eigenvalue weighted by Gasteiger charge is -2.27. The van der Waals surface area contributed by atoms with Gasteiger partial charge in [0.15, 0.2) is 0 Å². The topological polar surface area (TPSA) is 50.9 Å². The number of hydrogen-bond acceptors (Lipinski definition) is 3. The largest absolute Gasteiger partial charge is 0.507 e. The summed E-state index contributed by atoms with van der Waals surface area (Å²) in [7, 11) is 2.01. The lowest BCUT2D eigenvalue weighted by atomic mass is 9.77. The molecule has 2 heterocycles. The Morgan fingerprint density at radius 2 is 1.42 bits per heavy atom. The first-order valence-electron chi connectivity index (χ1n) is 12.8. The van der Waals surface area contributed by atoms with E-state index in [-0.39, 0.29) is 11.2 Å². The van der Waals surface area contributed by atoms with E-state index < -0.39 is 0 Å². The molecule has 1 N–H and O–H groups in total. The average molecular weight is 496 g/mol. The van der Waals surface area contributed by atoms with E-state index >= 15 is 0 Å². The molecule has 0 unspecified atom stereocenters. The molecule has 4 heteroatoms. The van der Waals surface area contributed by atoms with Crippen molar-refractivity contribution in [1.82, 2.24) is 14.5 Å². The fourth-order valence-corrected chi connectivity index (χ4v) is 5.31. The minimum Gasteiger partial charge on any atom is -0.507 e. The van der Waals surface area contributed by atoms with Crippen molar-refractivity contribution in [2.75, 3.05) is 0 Å². The van der Waals surface area contributed by atoms with Crippen molar-refractivity contribution in [2.45, 2.75) is 19.3 Å². The highest BCUT2D eigenvalue weighted by atomic mass is 16.3. The van der Waals surface area contributed by atoms with Gasteiger partial charge in [0.1, 0.15) is 11.6 Å². The number of para-hydroxylation sites is 2. The van der Waals surface area contributed by atoms with Crippen molar-refractivity contribution in [2.24, 2.45) is 7.05 Å². The van der Waals surface area contributed by atoms with E-state index in [0.717, 1.165) is 55.9 Å². The Hall–Kier alpha value is -4.70. The Labute approximate surface area is 222 Å². The number of phenols is 1. The molecule has 0 aliphatic heterocycles. The average Bonchev–Trinajstić information content (AvgIpc) is 3.30. The number of aromatic nitrogens is 3. The zero-order valence-corrected chi connectivity index (χ0v) is 21.8. The van der Waals surface area contributed by atoms with Gasteiger partial charge in [-0.2, -0.15) is 0 Å². The lowest BCUT2D eigenvalue weighted by Crippen LogP contribution is -2.19. The maximum absolute atomic E-state index is 11.6. The van der Waals surface area contributed by atoms with Gasteiger partial charge in [-0.15, -0.1) is 0 Å². The second-order valence-corrected chi connectivity index (χ2v) is 10.2. The van der Waals surface area contributed by atoms with Gasteiger partial charge in [0.2, 0.25) is 0 Å². The molecule has 0 bridgehead atoms. The molecule has 0 atom stereocenters. The number of fused-ring (bicyclic) bond motifs is 1. The van der Waals surface area contributed by atoms with Crippen LogP contribution < -0.4 is 0 Å². The highest BCUT2D eigenvalue weighted by Crippen LogP contribution is 2.42. The SMILES string of the molecule is Cn1c(-c2cccc(C(C)(C)c3ccccc3)c2O)nc2c(-c3cccc(-c4ccccn4)c3)cccc21. The summed E-state index contributed by atoms with van der Waals surface area (Å²) >= 11 is 0. The monoisotopic (exact) mass is 495 g/mol. The van der Waals surface area contributed by atoms with E-state index in [1.807, 2.05) is 67.8 Å². The number of phenolic OH excluding ortho intramolecular Hbond substituents is 1. The van der Waals surface area contributed by atoms with Gasteiger partial charge in [-0.1, -0.05) is 92.7 Å². The van der Waals surface area contributed by atoms with Gasteiger partial charge in [-0.25, -0.2) is 4.98 Å². The molecule has 0 saturated heterocycles. The molecule has 6 rings (SSSR count). The molecule has 0 spiro atoms. The van der Waals surface area contributed by atoms with Crippen molar-refractivity contribution in [3.63, 3.8) is 0 Å². The molecule has 0 aliphatic carbocycles. The third kappa shape index (κ3) is 3.95. The van der Waals surface area contributed by atoms with Gasteiger partial charge in [0, 0.05) is 35.3 Å². The van der Waals surface area contributed by atoms with Crippen molar-refractivity contribution < 1.29 is 5.11 Å². The van der Waals surface area contributed by atoms with Gasteiger partial charge >= 0.3 is 0 Å². The van der Waals surface area contributed by atoms with Crippen LogP contribution in [0.5, 0.6) is 5.75 Å². The number of pyridine rings is 1. The number of rotatable bonds is 5. The summed E-state index contributed by atoms with van der Waals surface area (Å²) < 4.78 is 2.07. The highest BCUT2D eigenvalue weighted by molar-refractivity contribution is 5.95. The smallest absolute Gasteiger partial charge is 0.144 e. The minimum absolute atomic E-state index is 0.262. The molecule has 0 fully saturated rings. The Bertz CT molecular complexity index is 1750. The summed E-state index contributed by atoms with van der Waals surface area (Å²) in [6.45, 7) is 4.28. The third-order valence-electron chi connectivity index (χ3n) is 7.49. The first kappa shape index (κ1) is 23.7. The number of imidazole rings is 1. The quantitative estimate of drug-likeness (QED) is 0.264. The summed E-state index contributed by atoms with van der Waals surface area (Å²) in [6.07, 6.45) is 1.81. The number of benzene rings is 4.